The summed E-state index contributed by atoms with van der Waals surface area (Å²) in [5, 5.41) is 30.6. The zero-order valence-electron chi connectivity index (χ0n) is 14.1. The van der Waals surface area contributed by atoms with Gasteiger partial charge in [-0.3, -0.25) is 24.3 Å². The largest absolute Gasteiger partial charge is 0.494 e. The molecule has 1 heterocycles. The molecule has 134 valence electrons. The van der Waals surface area contributed by atoms with E-state index < -0.39 is 33.9 Å². The molecule has 0 bridgehead atoms. The Morgan fingerprint density at radius 3 is 2.54 bits per heavy atom. The predicted octanol–water partition coefficient (Wildman–Crippen LogP) is 3.11. The number of nitrogens with zero attached hydrogens (tertiary/aromatic N) is 3. The fourth-order valence-corrected chi connectivity index (χ4v) is 2.80. The van der Waals surface area contributed by atoms with Gasteiger partial charge in [0, 0.05) is 17.7 Å². The monoisotopic (exact) mass is 375 g/mol. The first-order chi connectivity index (χ1) is 12.1. The zero-order chi connectivity index (χ0) is 19.8. The lowest BCUT2D eigenvalue weighted by Crippen LogP contribution is -2.28. The van der Waals surface area contributed by atoms with Crippen molar-refractivity contribution in [3.63, 3.8) is 0 Å². The molecule has 0 fully saturated rings. The number of benzene rings is 1. The van der Waals surface area contributed by atoms with E-state index in [1.54, 1.807) is 19.9 Å². The Hall–Kier alpha value is -3.18. The molecule has 0 aliphatic rings. The van der Waals surface area contributed by atoms with Gasteiger partial charge >= 0.3 is 0 Å². The molecule has 1 aromatic carbocycles. The van der Waals surface area contributed by atoms with Crippen LogP contribution >= 0.6 is 11.6 Å². The van der Waals surface area contributed by atoms with Crippen LogP contribution in [0.2, 0.25) is 5.02 Å². The van der Waals surface area contributed by atoms with Crippen molar-refractivity contribution in [3.05, 3.63) is 65.9 Å². The first-order valence-corrected chi connectivity index (χ1v) is 7.86. The second kappa shape index (κ2) is 6.98. The Bertz CT molecular complexity index is 1030. The van der Waals surface area contributed by atoms with E-state index in [4.69, 9.17) is 11.6 Å². The highest BCUT2D eigenvalue weighted by Gasteiger charge is 2.27. The van der Waals surface area contributed by atoms with Crippen LogP contribution in [0.5, 0.6) is 5.88 Å². The van der Waals surface area contributed by atoms with Gasteiger partial charge in [-0.1, -0.05) is 11.6 Å². The number of nitro groups is 1. The van der Waals surface area contributed by atoms with Crippen molar-refractivity contribution in [3.8, 4) is 11.9 Å². The summed E-state index contributed by atoms with van der Waals surface area (Å²) in [6.45, 7) is 4.58. The fraction of sp³-hybridized carbons (Fsp3) is 0.235. The third-order valence-electron chi connectivity index (χ3n) is 3.89. The van der Waals surface area contributed by atoms with E-state index in [-0.39, 0.29) is 27.3 Å². The van der Waals surface area contributed by atoms with E-state index in [2.05, 4.69) is 0 Å². The number of aromatic nitrogens is 1. The Morgan fingerprint density at radius 1 is 1.42 bits per heavy atom. The number of nitriles is 1. The SMILES string of the molecule is Cc1c(C(=O)c2ccc(Cl)c([N+](=O)[O-])c2)c(O)n(C(C)C)c(=O)c1C#N. The predicted molar refractivity (Wildman–Crippen MR) is 93.7 cm³/mol. The minimum absolute atomic E-state index is 0.00880. The summed E-state index contributed by atoms with van der Waals surface area (Å²) in [6, 6.07) is 4.69. The Balaban J connectivity index is 2.81. The zero-order valence-corrected chi connectivity index (χ0v) is 14.9. The fourth-order valence-electron chi connectivity index (χ4n) is 2.61. The van der Waals surface area contributed by atoms with Crippen molar-refractivity contribution in [2.45, 2.75) is 26.8 Å². The van der Waals surface area contributed by atoms with Gasteiger partial charge in [0.25, 0.3) is 11.2 Å². The average molecular weight is 376 g/mol. The van der Waals surface area contributed by atoms with E-state index in [0.717, 1.165) is 10.6 Å². The Morgan fingerprint density at radius 2 is 2.04 bits per heavy atom. The lowest BCUT2D eigenvalue weighted by Gasteiger charge is -2.18. The summed E-state index contributed by atoms with van der Waals surface area (Å²) in [5.74, 6) is -1.35. The molecule has 0 unspecified atom stereocenters. The lowest BCUT2D eigenvalue weighted by molar-refractivity contribution is -0.384. The van der Waals surface area contributed by atoms with Gasteiger partial charge in [0.2, 0.25) is 5.88 Å². The molecule has 2 rings (SSSR count). The van der Waals surface area contributed by atoms with E-state index >= 15 is 0 Å². The number of hydrogen-bond donors (Lipinski definition) is 1. The summed E-state index contributed by atoms with van der Waals surface area (Å²) in [6.07, 6.45) is 0. The highest BCUT2D eigenvalue weighted by Crippen LogP contribution is 2.30. The molecule has 0 aliphatic carbocycles. The highest BCUT2D eigenvalue weighted by molar-refractivity contribution is 6.32. The molecule has 0 saturated heterocycles. The smallest absolute Gasteiger partial charge is 0.288 e. The molecule has 1 aromatic heterocycles. The summed E-state index contributed by atoms with van der Waals surface area (Å²) in [7, 11) is 0. The van der Waals surface area contributed by atoms with Gasteiger partial charge in [-0.15, -0.1) is 0 Å². The maximum absolute atomic E-state index is 12.9. The van der Waals surface area contributed by atoms with E-state index in [0.29, 0.717) is 0 Å². The van der Waals surface area contributed by atoms with Crippen molar-refractivity contribution in [2.24, 2.45) is 0 Å². The van der Waals surface area contributed by atoms with Crippen LogP contribution < -0.4 is 5.56 Å². The van der Waals surface area contributed by atoms with Crippen LogP contribution in [0.25, 0.3) is 0 Å². The van der Waals surface area contributed by atoms with Crippen LogP contribution in [-0.4, -0.2) is 20.4 Å². The van der Waals surface area contributed by atoms with Gasteiger partial charge in [-0.25, -0.2) is 0 Å². The van der Waals surface area contributed by atoms with Gasteiger partial charge in [0.05, 0.1) is 10.5 Å². The number of halogens is 1. The number of nitro benzene ring substituents is 1. The molecule has 26 heavy (non-hydrogen) atoms. The molecule has 8 nitrogen and oxygen atoms in total. The number of pyridine rings is 1. The van der Waals surface area contributed by atoms with Crippen LogP contribution in [0.4, 0.5) is 5.69 Å². The molecule has 0 amide bonds. The summed E-state index contributed by atoms with van der Waals surface area (Å²) < 4.78 is 0.934. The van der Waals surface area contributed by atoms with Crippen LogP contribution in [0.15, 0.2) is 23.0 Å². The minimum atomic E-state index is -0.759. The van der Waals surface area contributed by atoms with Gasteiger partial charge in [0.1, 0.15) is 16.7 Å². The number of rotatable bonds is 4. The van der Waals surface area contributed by atoms with Crippen LogP contribution in [-0.2, 0) is 0 Å². The van der Waals surface area contributed by atoms with Crippen molar-refractivity contribution < 1.29 is 14.8 Å². The number of carbonyl (C=O) groups is 1. The van der Waals surface area contributed by atoms with Crippen LogP contribution in [0.1, 0.15) is 46.9 Å². The number of ketones is 1. The van der Waals surface area contributed by atoms with Crippen molar-refractivity contribution in [1.82, 2.24) is 4.57 Å². The van der Waals surface area contributed by atoms with Gasteiger partial charge in [-0.05, 0) is 38.5 Å². The first-order valence-electron chi connectivity index (χ1n) is 7.48. The Kier molecular flexibility index (Phi) is 5.14. The lowest BCUT2D eigenvalue weighted by atomic mass is 9.96. The molecule has 0 aliphatic heterocycles. The topological polar surface area (TPSA) is 126 Å². The average Bonchev–Trinajstić information content (AvgIpc) is 2.54. The van der Waals surface area contributed by atoms with Crippen molar-refractivity contribution in [2.75, 3.05) is 0 Å². The number of hydrogen-bond acceptors (Lipinski definition) is 6. The van der Waals surface area contributed by atoms with Gasteiger partial charge in [0.15, 0.2) is 5.78 Å². The van der Waals surface area contributed by atoms with E-state index in [1.165, 1.54) is 19.1 Å². The minimum Gasteiger partial charge on any atom is -0.494 e. The molecule has 1 N–H and O–H groups in total. The third kappa shape index (κ3) is 3.05. The normalized spacial score (nSPS) is 10.6. The van der Waals surface area contributed by atoms with E-state index in [1.807, 2.05) is 0 Å². The molecule has 2 aromatic rings. The maximum atomic E-state index is 12.9. The van der Waals surface area contributed by atoms with Crippen molar-refractivity contribution >= 4 is 23.1 Å². The summed E-state index contributed by atoms with van der Waals surface area (Å²) in [4.78, 5) is 35.5. The molecular weight excluding hydrogens is 362 g/mol. The van der Waals surface area contributed by atoms with Crippen molar-refractivity contribution in [1.29, 1.82) is 5.26 Å². The second-order valence-electron chi connectivity index (χ2n) is 5.83. The summed E-state index contributed by atoms with van der Waals surface area (Å²) >= 11 is 5.75. The second-order valence-corrected chi connectivity index (χ2v) is 6.24. The van der Waals surface area contributed by atoms with Crippen LogP contribution in [0.3, 0.4) is 0 Å². The van der Waals surface area contributed by atoms with Crippen LogP contribution in [0, 0.1) is 28.4 Å². The molecule has 9 heteroatoms. The van der Waals surface area contributed by atoms with Gasteiger partial charge in [-0.2, -0.15) is 5.26 Å². The quantitative estimate of drug-likeness (QED) is 0.497. The first kappa shape index (κ1) is 19.1. The number of carbonyl (C=O) groups excluding carboxylic acids is 1. The summed E-state index contributed by atoms with van der Waals surface area (Å²) in [5.41, 5.74) is -1.80. The molecule has 0 radical (unpaired) electrons. The molecular formula is C17H14ClN3O5. The number of aromatic hydroxyl groups is 1. The molecule has 0 saturated carbocycles. The maximum Gasteiger partial charge on any atom is 0.288 e. The molecule has 0 spiro atoms. The van der Waals surface area contributed by atoms with Gasteiger partial charge < -0.3 is 5.11 Å². The standard InChI is InChI=1S/C17H14ClN3O5/c1-8(2)20-16(23)11(7-19)9(3)14(17(20)24)15(22)10-4-5-12(18)13(6-10)21(25)26/h4-6,8,24H,1-3H3. The third-order valence-corrected chi connectivity index (χ3v) is 4.21. The molecule has 0 atom stereocenters. The highest BCUT2D eigenvalue weighted by atomic mass is 35.5. The van der Waals surface area contributed by atoms with E-state index in [9.17, 15) is 30.1 Å². The Labute approximate surface area is 153 Å².